The van der Waals surface area contributed by atoms with E-state index in [-0.39, 0.29) is 42.0 Å². The molecule has 2 atom stereocenters. The van der Waals surface area contributed by atoms with Gasteiger partial charge in [-0.1, -0.05) is 17.9 Å². The van der Waals surface area contributed by atoms with E-state index in [4.69, 9.17) is 0 Å². The third-order valence-corrected chi connectivity index (χ3v) is 9.78. The topological polar surface area (TPSA) is 128 Å². The zero-order chi connectivity index (χ0) is 34.9. The van der Waals surface area contributed by atoms with Gasteiger partial charge in [0.1, 0.15) is 23.5 Å². The van der Waals surface area contributed by atoms with Gasteiger partial charge in [-0.3, -0.25) is 29.4 Å². The van der Waals surface area contributed by atoms with Gasteiger partial charge in [-0.15, -0.1) is 0 Å². The highest BCUT2D eigenvalue weighted by Crippen LogP contribution is 2.32. The molecule has 2 fully saturated rings. The molecule has 1 unspecified atom stereocenters. The monoisotopic (exact) mass is 678 g/mol. The summed E-state index contributed by atoms with van der Waals surface area (Å²) in [6, 6.07) is 10.7. The number of aromatic nitrogens is 2. The maximum absolute atomic E-state index is 15.0. The minimum atomic E-state index is -0.771. The quantitative estimate of drug-likeness (QED) is 0.130. The molecule has 2 aromatic heterocycles. The van der Waals surface area contributed by atoms with Crippen LogP contribution in [-0.2, 0) is 22.6 Å². The number of H-pyrrole nitrogens is 1. The van der Waals surface area contributed by atoms with Crippen molar-refractivity contribution in [3.05, 3.63) is 93.8 Å². The Labute approximate surface area is 287 Å². The number of unbranched alkanes of at least 4 members (excludes halogenated alkanes) is 2. The molecule has 50 heavy (non-hydrogen) atoms. The number of imide groups is 1. The number of likely N-dealkylation sites (tertiary alicyclic amines) is 1. The summed E-state index contributed by atoms with van der Waals surface area (Å²) in [4.78, 5) is 61.0. The number of hydrogen-bond donors (Lipinski definition) is 3. The molecule has 10 nitrogen and oxygen atoms in total. The van der Waals surface area contributed by atoms with Crippen LogP contribution < -0.4 is 10.6 Å². The van der Waals surface area contributed by atoms with E-state index in [2.05, 4.69) is 50.5 Å². The number of rotatable bonds is 8. The molecule has 7 rings (SSSR count). The molecule has 256 valence electrons. The van der Waals surface area contributed by atoms with Gasteiger partial charge in [-0.25, -0.2) is 13.8 Å². The first-order valence-corrected chi connectivity index (χ1v) is 16.9. The van der Waals surface area contributed by atoms with Crippen molar-refractivity contribution < 1.29 is 28.0 Å². The van der Waals surface area contributed by atoms with Crippen LogP contribution in [0.5, 0.6) is 0 Å². The van der Waals surface area contributed by atoms with Gasteiger partial charge >= 0.3 is 0 Å². The van der Waals surface area contributed by atoms with Crippen LogP contribution in [-0.4, -0.2) is 63.0 Å². The molecule has 5 heterocycles. The lowest BCUT2D eigenvalue weighted by atomic mass is 10.0. The first-order chi connectivity index (χ1) is 24.1. The van der Waals surface area contributed by atoms with Gasteiger partial charge in [0.25, 0.3) is 11.8 Å². The van der Waals surface area contributed by atoms with Crippen LogP contribution in [0, 0.1) is 23.5 Å². The van der Waals surface area contributed by atoms with Crippen molar-refractivity contribution in [2.75, 3.05) is 18.9 Å². The molecule has 4 amide bonds. The zero-order valence-electron chi connectivity index (χ0n) is 27.6. The number of nitrogens with zero attached hydrogens (tertiary/aromatic N) is 3. The van der Waals surface area contributed by atoms with Gasteiger partial charge in [0.15, 0.2) is 0 Å². The summed E-state index contributed by atoms with van der Waals surface area (Å²) in [6.07, 6.45) is 6.77. The van der Waals surface area contributed by atoms with E-state index in [0.717, 1.165) is 47.6 Å². The van der Waals surface area contributed by atoms with Crippen molar-refractivity contribution in [3.8, 4) is 11.8 Å². The number of pyridine rings is 1. The number of aromatic amines is 1. The number of benzene rings is 2. The summed E-state index contributed by atoms with van der Waals surface area (Å²) < 4.78 is 29.8. The average Bonchev–Trinajstić information content (AvgIpc) is 3.79. The number of halogens is 2. The van der Waals surface area contributed by atoms with Crippen molar-refractivity contribution in [2.24, 2.45) is 0 Å². The van der Waals surface area contributed by atoms with Crippen LogP contribution in [0.1, 0.15) is 94.1 Å². The number of fused-ring (bicyclic) bond motifs is 2. The van der Waals surface area contributed by atoms with Crippen LogP contribution in [0.25, 0.3) is 10.9 Å². The molecule has 0 radical (unpaired) electrons. The summed E-state index contributed by atoms with van der Waals surface area (Å²) in [6.45, 7) is 1.20. The Kier molecular flexibility index (Phi) is 9.16. The molecule has 0 spiro atoms. The smallest absolute Gasteiger partial charge is 0.259 e. The maximum Gasteiger partial charge on any atom is 0.259 e. The van der Waals surface area contributed by atoms with Crippen molar-refractivity contribution in [3.63, 3.8) is 0 Å². The largest absolute Gasteiger partial charge is 0.357 e. The summed E-state index contributed by atoms with van der Waals surface area (Å²) in [5.74, 6) is 3.02. The van der Waals surface area contributed by atoms with E-state index in [0.29, 0.717) is 43.1 Å². The predicted molar refractivity (Wildman–Crippen MR) is 182 cm³/mol. The van der Waals surface area contributed by atoms with Gasteiger partial charge in [-0.2, -0.15) is 0 Å². The number of carbonyl (C=O) groups is 4. The number of aryl methyl sites for hydroxylation is 1. The fraction of sp³-hybridized carbons (Fsp3) is 0.342. The second kappa shape index (κ2) is 13.8. The molecule has 0 saturated carbocycles. The first kappa shape index (κ1) is 33.1. The van der Waals surface area contributed by atoms with E-state index in [1.54, 1.807) is 24.4 Å². The Morgan fingerprint density at radius 3 is 2.68 bits per heavy atom. The molecular weight excluding hydrogens is 642 g/mol. The Bertz CT molecular complexity index is 2100. The summed E-state index contributed by atoms with van der Waals surface area (Å²) >= 11 is 0. The first-order valence-electron chi connectivity index (χ1n) is 16.9. The highest BCUT2D eigenvalue weighted by atomic mass is 19.1. The van der Waals surface area contributed by atoms with E-state index in [1.165, 1.54) is 17.0 Å². The lowest BCUT2D eigenvalue weighted by molar-refractivity contribution is -0.136. The summed E-state index contributed by atoms with van der Waals surface area (Å²) in [5, 5.41) is 5.92. The second-order valence-corrected chi connectivity index (χ2v) is 13.2. The van der Waals surface area contributed by atoms with Gasteiger partial charge in [0, 0.05) is 54.3 Å². The van der Waals surface area contributed by atoms with Crippen LogP contribution in [0.4, 0.5) is 14.6 Å². The number of nitrogens with one attached hydrogen (secondary N) is 3. The maximum atomic E-state index is 15.0. The Morgan fingerprint density at radius 1 is 1.04 bits per heavy atom. The molecule has 3 aliphatic rings. The SMILES string of the molecule is CN1CCC[C@@H]1c1cc2cnc(NC(=O)c3ccc(CCCCC#Cc4cc5c(cc4F)C(=O)N(C4CCC(=O)NC4=O)C5)cc3F)cc2[nH]1. The van der Waals surface area contributed by atoms with Gasteiger partial charge < -0.3 is 15.2 Å². The lowest BCUT2D eigenvalue weighted by Crippen LogP contribution is -2.52. The second-order valence-electron chi connectivity index (χ2n) is 13.2. The molecule has 4 aromatic rings. The van der Waals surface area contributed by atoms with Crippen molar-refractivity contribution >= 4 is 40.3 Å². The van der Waals surface area contributed by atoms with Crippen LogP contribution in [0.2, 0.25) is 0 Å². The lowest BCUT2D eigenvalue weighted by Gasteiger charge is -2.29. The average molecular weight is 679 g/mol. The van der Waals surface area contributed by atoms with Gasteiger partial charge in [0.2, 0.25) is 11.8 Å². The molecule has 0 aliphatic carbocycles. The minimum Gasteiger partial charge on any atom is -0.357 e. The molecule has 2 aromatic carbocycles. The van der Waals surface area contributed by atoms with E-state index in [1.807, 2.05) is 0 Å². The molecule has 0 bridgehead atoms. The highest BCUT2D eigenvalue weighted by molar-refractivity contribution is 6.06. The molecule has 3 aliphatic heterocycles. The Balaban J connectivity index is 0.901. The van der Waals surface area contributed by atoms with E-state index < -0.39 is 35.4 Å². The molecule has 2 saturated heterocycles. The van der Waals surface area contributed by atoms with Crippen LogP contribution in [0.3, 0.4) is 0 Å². The summed E-state index contributed by atoms with van der Waals surface area (Å²) in [5.41, 5.74) is 3.61. The van der Waals surface area contributed by atoms with Crippen molar-refractivity contribution in [2.45, 2.75) is 70.0 Å². The molecular formula is C38H36F2N6O4. The Morgan fingerprint density at radius 2 is 1.90 bits per heavy atom. The highest BCUT2D eigenvalue weighted by Gasteiger charge is 2.39. The summed E-state index contributed by atoms with van der Waals surface area (Å²) in [7, 11) is 2.11. The van der Waals surface area contributed by atoms with Gasteiger partial charge in [0.05, 0.1) is 16.6 Å². The number of carbonyl (C=O) groups excluding carboxylic acids is 4. The van der Waals surface area contributed by atoms with Crippen LogP contribution >= 0.6 is 0 Å². The third kappa shape index (κ3) is 6.73. The zero-order valence-corrected chi connectivity index (χ0v) is 27.6. The van der Waals surface area contributed by atoms with E-state index >= 15 is 4.39 Å². The van der Waals surface area contributed by atoms with E-state index in [9.17, 15) is 23.6 Å². The predicted octanol–water partition coefficient (Wildman–Crippen LogP) is 5.39. The van der Waals surface area contributed by atoms with Crippen molar-refractivity contribution in [1.29, 1.82) is 0 Å². The number of amides is 4. The van der Waals surface area contributed by atoms with Crippen molar-refractivity contribution in [1.82, 2.24) is 25.1 Å². The normalized spacial score (nSPS) is 19.0. The number of piperidine rings is 1. The van der Waals surface area contributed by atoms with Crippen LogP contribution in [0.15, 0.2) is 48.7 Å². The number of hydrogen-bond acceptors (Lipinski definition) is 6. The number of anilines is 1. The standard InChI is InChI=1S/C38H36F2N6O4/c1-45-14-6-9-32(45)31-17-24-20-41-34(19-30(24)42-31)43-36(48)26-11-10-22(15-29(26)40)7-4-2-3-5-8-23-16-25-21-46(38(50)27(25)18-28(23)39)33-12-13-35(47)44-37(33)49/h10-11,15-20,32-33,42H,2-4,6-7,9,12-14,21H2,1H3,(H,41,43,48)(H,44,47,49)/t32-,33?/m1/s1. The minimum absolute atomic E-state index is 0.0698. The third-order valence-electron chi connectivity index (χ3n) is 9.78. The van der Waals surface area contributed by atoms with Gasteiger partial charge in [-0.05, 0) is 93.6 Å². The fourth-order valence-electron chi connectivity index (χ4n) is 7.07. The fourth-order valence-corrected chi connectivity index (χ4v) is 7.07. The molecule has 12 heteroatoms. The Hall–Kier alpha value is -5.41. The molecule has 3 N–H and O–H groups in total.